The van der Waals surface area contributed by atoms with E-state index in [0.717, 1.165) is 5.56 Å². The van der Waals surface area contributed by atoms with Gasteiger partial charge in [-0.25, -0.2) is 0 Å². The molecule has 5 nitrogen and oxygen atoms in total. The van der Waals surface area contributed by atoms with E-state index in [0.29, 0.717) is 17.3 Å². The molecular formula is C14H15ClN2O3. The Bertz CT molecular complexity index is 598. The largest absolute Gasteiger partial charge is 0.396 e. The highest BCUT2D eigenvalue weighted by Crippen LogP contribution is 2.23. The molecule has 2 N–H and O–H groups in total. The third-order valence-corrected chi connectivity index (χ3v) is 3.01. The molecule has 0 spiro atoms. The Hall–Kier alpha value is -1.85. The van der Waals surface area contributed by atoms with Crippen molar-refractivity contribution in [2.45, 2.75) is 6.92 Å². The van der Waals surface area contributed by atoms with Gasteiger partial charge in [-0.3, -0.25) is 4.79 Å². The Kier molecular flexibility index (Phi) is 4.76. The van der Waals surface area contributed by atoms with Crippen molar-refractivity contribution in [3.05, 3.63) is 41.0 Å². The summed E-state index contributed by atoms with van der Waals surface area (Å²) in [4.78, 5) is 11.8. The highest BCUT2D eigenvalue weighted by atomic mass is 35.5. The summed E-state index contributed by atoms with van der Waals surface area (Å²) in [6.07, 6.45) is 0. The van der Waals surface area contributed by atoms with E-state index in [9.17, 15) is 4.79 Å². The molecule has 106 valence electrons. The molecule has 0 bridgehead atoms. The number of benzene rings is 1. The van der Waals surface area contributed by atoms with Crippen molar-refractivity contribution in [2.24, 2.45) is 5.92 Å². The second-order valence-corrected chi connectivity index (χ2v) is 5.02. The fourth-order valence-electron chi connectivity index (χ4n) is 1.58. The number of carbonyl (C=O) groups excluding carboxylic acids is 1. The summed E-state index contributed by atoms with van der Waals surface area (Å²) >= 11 is 5.90. The lowest BCUT2D eigenvalue weighted by molar-refractivity contribution is 0.0933. The Morgan fingerprint density at radius 2 is 2.30 bits per heavy atom. The molecule has 1 atom stereocenters. The fraction of sp³-hybridized carbons (Fsp3) is 0.286. The molecule has 2 rings (SSSR count). The molecule has 0 saturated heterocycles. The number of aliphatic hydroxyl groups is 1. The molecule has 2 aromatic rings. The quantitative estimate of drug-likeness (QED) is 0.887. The monoisotopic (exact) mass is 294 g/mol. The molecule has 0 aliphatic rings. The van der Waals surface area contributed by atoms with Crippen LogP contribution in [0, 0.1) is 5.92 Å². The van der Waals surface area contributed by atoms with Crippen LogP contribution in [0.3, 0.4) is 0 Å². The number of aromatic nitrogens is 1. The van der Waals surface area contributed by atoms with Crippen LogP contribution in [0.15, 0.2) is 34.9 Å². The molecular weight excluding hydrogens is 280 g/mol. The van der Waals surface area contributed by atoms with Gasteiger partial charge in [0.1, 0.15) is 0 Å². The third kappa shape index (κ3) is 3.59. The topological polar surface area (TPSA) is 75.4 Å². The minimum atomic E-state index is -0.331. The molecule has 1 aromatic carbocycles. The molecule has 0 fully saturated rings. The lowest BCUT2D eigenvalue weighted by atomic mass is 10.1. The van der Waals surface area contributed by atoms with Crippen molar-refractivity contribution >= 4 is 17.5 Å². The fourth-order valence-corrected chi connectivity index (χ4v) is 1.77. The molecule has 0 aliphatic heterocycles. The maximum Gasteiger partial charge on any atom is 0.273 e. The first-order valence-electron chi connectivity index (χ1n) is 6.22. The first-order valence-corrected chi connectivity index (χ1v) is 6.59. The van der Waals surface area contributed by atoms with Gasteiger partial charge in [0.2, 0.25) is 0 Å². The van der Waals surface area contributed by atoms with Gasteiger partial charge < -0.3 is 14.9 Å². The predicted molar refractivity (Wildman–Crippen MR) is 75.5 cm³/mol. The minimum absolute atomic E-state index is 0.00162. The first kappa shape index (κ1) is 14.6. The van der Waals surface area contributed by atoms with Gasteiger partial charge in [0, 0.05) is 29.8 Å². The number of hydrogen-bond acceptors (Lipinski definition) is 4. The van der Waals surface area contributed by atoms with E-state index >= 15 is 0 Å². The number of nitrogens with one attached hydrogen (secondary N) is 1. The molecule has 0 aliphatic carbocycles. The second kappa shape index (κ2) is 6.54. The average Bonchev–Trinajstić information content (AvgIpc) is 2.94. The van der Waals surface area contributed by atoms with E-state index in [1.807, 2.05) is 13.0 Å². The Morgan fingerprint density at radius 1 is 1.50 bits per heavy atom. The highest BCUT2D eigenvalue weighted by molar-refractivity contribution is 6.30. The van der Waals surface area contributed by atoms with E-state index in [-0.39, 0.29) is 24.1 Å². The maximum atomic E-state index is 11.8. The molecule has 20 heavy (non-hydrogen) atoms. The summed E-state index contributed by atoms with van der Waals surface area (Å²) in [5.41, 5.74) is 0.956. The highest BCUT2D eigenvalue weighted by Gasteiger charge is 2.14. The lowest BCUT2D eigenvalue weighted by Crippen LogP contribution is -2.29. The summed E-state index contributed by atoms with van der Waals surface area (Å²) in [6.45, 7) is 2.24. The van der Waals surface area contributed by atoms with Crippen LogP contribution in [0.5, 0.6) is 0 Å². The number of rotatable bonds is 5. The molecule has 1 heterocycles. The summed E-state index contributed by atoms with van der Waals surface area (Å²) in [5, 5.41) is 15.9. The van der Waals surface area contributed by atoms with Gasteiger partial charge in [-0.2, -0.15) is 0 Å². The predicted octanol–water partition coefficient (Wildman–Crippen LogP) is 2.35. The Labute approximate surface area is 121 Å². The smallest absolute Gasteiger partial charge is 0.273 e. The molecule has 1 unspecified atom stereocenters. The summed E-state index contributed by atoms with van der Waals surface area (Å²) in [6, 6.07) is 8.66. The van der Waals surface area contributed by atoms with Crippen LogP contribution in [0.1, 0.15) is 17.4 Å². The molecule has 0 saturated carbocycles. The normalized spacial score (nSPS) is 12.2. The zero-order chi connectivity index (χ0) is 14.5. The number of carbonyl (C=O) groups is 1. The summed E-state index contributed by atoms with van der Waals surface area (Å²) in [5.74, 6) is 0.147. The van der Waals surface area contributed by atoms with Crippen molar-refractivity contribution < 1.29 is 14.4 Å². The average molecular weight is 295 g/mol. The van der Waals surface area contributed by atoms with E-state index in [1.165, 1.54) is 0 Å². The number of hydrogen-bond donors (Lipinski definition) is 2. The van der Waals surface area contributed by atoms with Crippen molar-refractivity contribution in [1.82, 2.24) is 10.5 Å². The van der Waals surface area contributed by atoms with Crippen LogP contribution in [-0.2, 0) is 0 Å². The number of nitrogens with zero attached hydrogens (tertiary/aromatic N) is 1. The molecule has 6 heteroatoms. The Morgan fingerprint density at radius 3 is 3.00 bits per heavy atom. The van der Waals surface area contributed by atoms with Crippen LogP contribution in [-0.4, -0.2) is 29.3 Å². The van der Waals surface area contributed by atoms with Gasteiger partial charge in [-0.15, -0.1) is 0 Å². The molecule has 1 aromatic heterocycles. The van der Waals surface area contributed by atoms with E-state index in [1.54, 1.807) is 24.3 Å². The Balaban J connectivity index is 2.07. The van der Waals surface area contributed by atoms with Gasteiger partial charge in [0.05, 0.1) is 0 Å². The van der Waals surface area contributed by atoms with E-state index in [4.69, 9.17) is 21.2 Å². The second-order valence-electron chi connectivity index (χ2n) is 4.58. The van der Waals surface area contributed by atoms with E-state index in [2.05, 4.69) is 10.5 Å². The van der Waals surface area contributed by atoms with Crippen LogP contribution in [0.4, 0.5) is 0 Å². The van der Waals surface area contributed by atoms with Crippen LogP contribution in [0.2, 0.25) is 5.02 Å². The van der Waals surface area contributed by atoms with Crippen molar-refractivity contribution in [3.8, 4) is 11.3 Å². The molecule has 1 amide bonds. The zero-order valence-corrected chi connectivity index (χ0v) is 11.7. The SMILES string of the molecule is CC(CO)CNC(=O)c1cc(-c2cccc(Cl)c2)on1. The summed E-state index contributed by atoms with van der Waals surface area (Å²) in [7, 11) is 0. The molecule has 0 radical (unpaired) electrons. The zero-order valence-electron chi connectivity index (χ0n) is 11.0. The minimum Gasteiger partial charge on any atom is -0.396 e. The van der Waals surface area contributed by atoms with Crippen molar-refractivity contribution in [3.63, 3.8) is 0 Å². The van der Waals surface area contributed by atoms with Gasteiger partial charge in [-0.1, -0.05) is 35.8 Å². The lowest BCUT2D eigenvalue weighted by Gasteiger charge is -2.07. The van der Waals surface area contributed by atoms with Crippen molar-refractivity contribution in [1.29, 1.82) is 0 Å². The number of halogens is 1. The van der Waals surface area contributed by atoms with Crippen molar-refractivity contribution in [2.75, 3.05) is 13.2 Å². The van der Waals surface area contributed by atoms with E-state index < -0.39 is 0 Å². The third-order valence-electron chi connectivity index (χ3n) is 2.77. The van der Waals surface area contributed by atoms with Crippen LogP contribution < -0.4 is 5.32 Å². The summed E-state index contributed by atoms with van der Waals surface area (Å²) < 4.78 is 5.14. The van der Waals surface area contributed by atoms with Crippen LogP contribution >= 0.6 is 11.6 Å². The number of aliphatic hydroxyl groups excluding tert-OH is 1. The van der Waals surface area contributed by atoms with Gasteiger partial charge in [0.15, 0.2) is 11.5 Å². The first-order chi connectivity index (χ1) is 9.60. The van der Waals surface area contributed by atoms with Gasteiger partial charge >= 0.3 is 0 Å². The number of amides is 1. The standard InChI is InChI=1S/C14H15ClN2O3/c1-9(8-18)7-16-14(19)12-6-13(20-17-12)10-3-2-4-11(15)5-10/h2-6,9,18H,7-8H2,1H3,(H,16,19). The van der Waals surface area contributed by atoms with Crippen LogP contribution in [0.25, 0.3) is 11.3 Å². The van der Waals surface area contributed by atoms with Gasteiger partial charge in [-0.05, 0) is 18.1 Å². The van der Waals surface area contributed by atoms with Gasteiger partial charge in [0.25, 0.3) is 5.91 Å². The maximum absolute atomic E-state index is 11.8.